The number of hydrogen-bond acceptors (Lipinski definition) is 6. The van der Waals surface area contributed by atoms with Crippen molar-refractivity contribution >= 4 is 11.8 Å². The molecule has 2 amide bonds. The molecular weight excluding hydrogens is 400 g/mol. The molecule has 178 valence electrons. The Hall–Kier alpha value is -1.48. The molecule has 31 heavy (non-hydrogen) atoms. The summed E-state index contributed by atoms with van der Waals surface area (Å²) in [6.07, 6.45) is 8.45. The van der Waals surface area contributed by atoms with Crippen molar-refractivity contribution in [2.75, 3.05) is 19.7 Å². The van der Waals surface area contributed by atoms with E-state index in [1.807, 2.05) is 0 Å². The van der Waals surface area contributed by atoms with E-state index in [1.54, 1.807) is 6.08 Å². The van der Waals surface area contributed by atoms with Crippen LogP contribution in [0.2, 0.25) is 0 Å². The van der Waals surface area contributed by atoms with Crippen LogP contribution in [-0.4, -0.2) is 65.8 Å². The number of ether oxygens (including phenoxy) is 2. The van der Waals surface area contributed by atoms with Gasteiger partial charge in [-0.1, -0.05) is 39.5 Å². The molecule has 1 heterocycles. The molecule has 0 aromatic carbocycles. The monoisotopic (exact) mass is 440 g/mol. The zero-order chi connectivity index (χ0) is 22.7. The average Bonchev–Trinajstić information content (AvgIpc) is 3.12. The summed E-state index contributed by atoms with van der Waals surface area (Å²) in [6, 6.07) is 0. The molecule has 0 bridgehead atoms. The van der Waals surface area contributed by atoms with Crippen LogP contribution in [-0.2, 0) is 19.1 Å². The third kappa shape index (κ3) is 7.86. The van der Waals surface area contributed by atoms with Crippen molar-refractivity contribution in [1.29, 1.82) is 0 Å². The van der Waals surface area contributed by atoms with Gasteiger partial charge in [0.05, 0.1) is 12.7 Å². The standard InChI is InChI=1S/C23H40N2O6/c1-3-5-7-10-23(11-8-6-4-2)30-19-16-17(15-18(27)21(19)31-23)22(29)25-12-9-20(28)24-13-14-26/h16,18-19,21,26-27H,3-15H2,1-2H3,(H,24,28)(H,25,29). The molecule has 2 rings (SSSR count). The molecule has 1 fully saturated rings. The van der Waals surface area contributed by atoms with Crippen LogP contribution < -0.4 is 10.6 Å². The second-order valence-corrected chi connectivity index (χ2v) is 8.53. The predicted octanol–water partition coefficient (Wildman–Crippen LogP) is 1.93. The first-order valence-corrected chi connectivity index (χ1v) is 11.8. The Balaban J connectivity index is 1.96. The Morgan fingerprint density at radius 2 is 1.74 bits per heavy atom. The molecule has 8 heteroatoms. The summed E-state index contributed by atoms with van der Waals surface area (Å²) in [5, 5.41) is 24.7. The molecule has 0 aromatic rings. The number of rotatable bonds is 14. The molecule has 2 aliphatic rings. The second-order valence-electron chi connectivity index (χ2n) is 8.53. The van der Waals surface area contributed by atoms with E-state index in [0.29, 0.717) is 5.57 Å². The summed E-state index contributed by atoms with van der Waals surface area (Å²) in [5.74, 6) is -1.22. The Labute approximate surface area is 185 Å². The van der Waals surface area contributed by atoms with E-state index in [2.05, 4.69) is 24.5 Å². The van der Waals surface area contributed by atoms with Crippen molar-refractivity contribution in [2.24, 2.45) is 0 Å². The van der Waals surface area contributed by atoms with Crippen LogP contribution in [0.15, 0.2) is 11.6 Å². The topological polar surface area (TPSA) is 117 Å². The maximum atomic E-state index is 12.6. The predicted molar refractivity (Wildman–Crippen MR) is 117 cm³/mol. The fourth-order valence-electron chi connectivity index (χ4n) is 4.20. The van der Waals surface area contributed by atoms with Crippen molar-refractivity contribution in [2.45, 2.75) is 102 Å². The van der Waals surface area contributed by atoms with Crippen LogP contribution in [0.1, 0.15) is 78.1 Å². The summed E-state index contributed by atoms with van der Waals surface area (Å²) < 4.78 is 12.7. The Morgan fingerprint density at radius 1 is 1.06 bits per heavy atom. The van der Waals surface area contributed by atoms with Crippen LogP contribution >= 0.6 is 0 Å². The molecule has 1 aliphatic carbocycles. The lowest BCUT2D eigenvalue weighted by Crippen LogP contribution is -2.41. The van der Waals surface area contributed by atoms with Crippen LogP contribution in [0.5, 0.6) is 0 Å². The van der Waals surface area contributed by atoms with Crippen LogP contribution in [0, 0.1) is 0 Å². The first kappa shape index (κ1) is 25.8. The van der Waals surface area contributed by atoms with Gasteiger partial charge in [0.1, 0.15) is 12.2 Å². The lowest BCUT2D eigenvalue weighted by atomic mass is 9.92. The van der Waals surface area contributed by atoms with Gasteiger partial charge in [0.25, 0.3) is 0 Å². The van der Waals surface area contributed by atoms with Gasteiger partial charge in [0.15, 0.2) is 5.79 Å². The highest BCUT2D eigenvalue weighted by Gasteiger charge is 2.50. The van der Waals surface area contributed by atoms with Crippen molar-refractivity contribution < 1.29 is 29.3 Å². The number of hydrogen-bond donors (Lipinski definition) is 4. The van der Waals surface area contributed by atoms with E-state index >= 15 is 0 Å². The van der Waals surface area contributed by atoms with Gasteiger partial charge in [-0.3, -0.25) is 9.59 Å². The van der Waals surface area contributed by atoms with Crippen molar-refractivity contribution in [1.82, 2.24) is 10.6 Å². The van der Waals surface area contributed by atoms with Gasteiger partial charge in [-0.15, -0.1) is 0 Å². The van der Waals surface area contributed by atoms with Crippen molar-refractivity contribution in [3.63, 3.8) is 0 Å². The number of aliphatic hydroxyl groups is 2. The molecular formula is C23H40N2O6. The van der Waals surface area contributed by atoms with Gasteiger partial charge in [-0.25, -0.2) is 0 Å². The minimum absolute atomic E-state index is 0.119. The fraction of sp³-hybridized carbons (Fsp3) is 0.826. The molecule has 3 unspecified atom stereocenters. The zero-order valence-electron chi connectivity index (χ0n) is 19.0. The van der Waals surface area contributed by atoms with Crippen molar-refractivity contribution in [3.8, 4) is 0 Å². The smallest absolute Gasteiger partial charge is 0.247 e. The van der Waals surface area contributed by atoms with E-state index in [0.717, 1.165) is 51.4 Å². The highest BCUT2D eigenvalue weighted by molar-refractivity contribution is 5.94. The first-order chi connectivity index (χ1) is 14.9. The summed E-state index contributed by atoms with van der Waals surface area (Å²) in [4.78, 5) is 24.1. The van der Waals surface area contributed by atoms with E-state index in [4.69, 9.17) is 14.6 Å². The molecule has 0 saturated carbocycles. The Bertz CT molecular complexity index is 599. The third-order valence-corrected chi connectivity index (χ3v) is 5.88. The molecule has 0 aromatic heterocycles. The number of carbonyl (C=O) groups excluding carboxylic acids is 2. The number of unbranched alkanes of at least 4 members (excludes halogenated alkanes) is 4. The van der Waals surface area contributed by atoms with Crippen LogP contribution in [0.4, 0.5) is 0 Å². The van der Waals surface area contributed by atoms with E-state index in [9.17, 15) is 14.7 Å². The van der Waals surface area contributed by atoms with E-state index < -0.39 is 24.1 Å². The SMILES string of the molecule is CCCCCC1(CCCCC)OC2C=C(C(=O)NCCC(=O)NCCO)CC(O)C2O1. The van der Waals surface area contributed by atoms with E-state index in [1.165, 1.54) is 0 Å². The maximum Gasteiger partial charge on any atom is 0.247 e. The number of fused-ring (bicyclic) bond motifs is 1. The van der Waals surface area contributed by atoms with E-state index in [-0.39, 0.29) is 44.4 Å². The highest BCUT2D eigenvalue weighted by atomic mass is 16.8. The summed E-state index contributed by atoms with van der Waals surface area (Å²) in [6.45, 7) is 4.59. The fourth-order valence-corrected chi connectivity index (χ4v) is 4.20. The molecule has 1 aliphatic heterocycles. The maximum absolute atomic E-state index is 12.6. The zero-order valence-corrected chi connectivity index (χ0v) is 19.0. The average molecular weight is 441 g/mol. The van der Waals surface area contributed by atoms with Gasteiger partial charge in [-0.05, 0) is 18.9 Å². The van der Waals surface area contributed by atoms with Gasteiger partial charge < -0.3 is 30.3 Å². The van der Waals surface area contributed by atoms with Gasteiger partial charge in [0.2, 0.25) is 11.8 Å². The Morgan fingerprint density at radius 3 is 2.35 bits per heavy atom. The summed E-state index contributed by atoms with van der Waals surface area (Å²) >= 11 is 0. The summed E-state index contributed by atoms with van der Waals surface area (Å²) in [5.41, 5.74) is 0.464. The van der Waals surface area contributed by atoms with Crippen LogP contribution in [0.25, 0.3) is 0 Å². The quantitative estimate of drug-likeness (QED) is 0.307. The second kappa shape index (κ2) is 13.2. The molecule has 8 nitrogen and oxygen atoms in total. The Kier molecular flexibility index (Phi) is 10.9. The normalized spacial score (nSPS) is 24.4. The minimum atomic E-state index is -0.803. The largest absolute Gasteiger partial charge is 0.395 e. The van der Waals surface area contributed by atoms with Crippen LogP contribution in [0.3, 0.4) is 0 Å². The number of amides is 2. The van der Waals surface area contributed by atoms with Gasteiger partial charge in [-0.2, -0.15) is 0 Å². The first-order valence-electron chi connectivity index (χ1n) is 11.8. The molecule has 1 saturated heterocycles. The van der Waals surface area contributed by atoms with Gasteiger partial charge >= 0.3 is 0 Å². The molecule has 0 spiro atoms. The highest BCUT2D eigenvalue weighted by Crippen LogP contribution is 2.42. The molecule has 3 atom stereocenters. The molecule has 0 radical (unpaired) electrons. The lowest BCUT2D eigenvalue weighted by molar-refractivity contribution is -0.190. The number of aliphatic hydroxyl groups excluding tert-OH is 2. The number of carbonyl (C=O) groups is 2. The van der Waals surface area contributed by atoms with Crippen molar-refractivity contribution in [3.05, 3.63) is 11.6 Å². The minimum Gasteiger partial charge on any atom is -0.395 e. The summed E-state index contributed by atoms with van der Waals surface area (Å²) in [7, 11) is 0. The number of nitrogens with one attached hydrogen (secondary N) is 2. The third-order valence-electron chi connectivity index (χ3n) is 5.88. The molecule has 4 N–H and O–H groups in total. The van der Waals surface area contributed by atoms with Gasteiger partial charge in [0, 0.05) is 44.3 Å². The lowest BCUT2D eigenvalue weighted by Gasteiger charge is -2.29.